The average molecular weight is 275 g/mol. The van der Waals surface area contributed by atoms with E-state index < -0.39 is 0 Å². The van der Waals surface area contributed by atoms with Crippen molar-refractivity contribution in [2.24, 2.45) is 0 Å². The maximum absolute atomic E-state index is 3.44. The molecule has 21 heavy (non-hydrogen) atoms. The molecule has 0 unspecified atom stereocenters. The minimum absolute atomic E-state index is 0.568. The maximum atomic E-state index is 3.44. The maximum Gasteiger partial charge on any atom is 0.0536 e. The van der Waals surface area contributed by atoms with Gasteiger partial charge in [-0.1, -0.05) is 68.4 Å². The lowest BCUT2D eigenvalue weighted by Gasteiger charge is -2.09. The fraction of sp³-hybridized carbons (Fsp3) is 0.200. The number of aromatic amines is 1. The predicted molar refractivity (Wildman–Crippen MR) is 90.5 cm³/mol. The molecule has 1 heteroatoms. The van der Waals surface area contributed by atoms with Crippen molar-refractivity contribution in [1.82, 2.24) is 4.98 Å². The molecular formula is C20H21N. The van der Waals surface area contributed by atoms with Gasteiger partial charge in [-0.2, -0.15) is 0 Å². The van der Waals surface area contributed by atoms with Crippen LogP contribution in [0.3, 0.4) is 0 Å². The standard InChI is InChI=1S/C20H21N/c1-14(2)16-9-11-18(12-10-16)20-19(15(3)13-21-20)17-7-5-4-6-8-17/h4-14,21H,1-3H3. The van der Waals surface area contributed by atoms with E-state index in [-0.39, 0.29) is 0 Å². The SMILES string of the molecule is Cc1c[nH]c(-c2ccc(C(C)C)cc2)c1-c1ccccc1. The molecule has 0 bridgehead atoms. The van der Waals surface area contributed by atoms with Gasteiger partial charge in [-0.15, -0.1) is 0 Å². The summed E-state index contributed by atoms with van der Waals surface area (Å²) < 4.78 is 0. The van der Waals surface area contributed by atoms with Crippen molar-refractivity contribution in [3.8, 4) is 22.4 Å². The van der Waals surface area contributed by atoms with Gasteiger partial charge in [-0.25, -0.2) is 0 Å². The smallest absolute Gasteiger partial charge is 0.0536 e. The first-order valence-electron chi connectivity index (χ1n) is 7.50. The molecular weight excluding hydrogens is 254 g/mol. The van der Waals surface area contributed by atoms with E-state index in [1.807, 2.05) is 0 Å². The van der Waals surface area contributed by atoms with Gasteiger partial charge < -0.3 is 4.98 Å². The Bertz CT molecular complexity index is 718. The van der Waals surface area contributed by atoms with E-state index in [9.17, 15) is 0 Å². The topological polar surface area (TPSA) is 15.8 Å². The van der Waals surface area contributed by atoms with E-state index in [0.717, 1.165) is 0 Å². The quantitative estimate of drug-likeness (QED) is 0.623. The van der Waals surface area contributed by atoms with Crippen molar-refractivity contribution in [1.29, 1.82) is 0 Å². The molecule has 0 amide bonds. The molecule has 3 rings (SSSR count). The monoisotopic (exact) mass is 275 g/mol. The number of benzene rings is 2. The van der Waals surface area contributed by atoms with Crippen molar-refractivity contribution in [3.05, 3.63) is 71.9 Å². The number of aryl methyl sites for hydroxylation is 1. The summed E-state index contributed by atoms with van der Waals surface area (Å²) in [6.45, 7) is 6.61. The molecule has 0 aliphatic rings. The number of aromatic nitrogens is 1. The molecule has 1 aromatic heterocycles. The highest BCUT2D eigenvalue weighted by atomic mass is 14.7. The zero-order chi connectivity index (χ0) is 14.8. The Hall–Kier alpha value is -2.28. The van der Waals surface area contributed by atoms with Gasteiger partial charge in [0.15, 0.2) is 0 Å². The molecule has 0 spiro atoms. The van der Waals surface area contributed by atoms with Crippen molar-refractivity contribution < 1.29 is 0 Å². The van der Waals surface area contributed by atoms with Crippen LogP contribution in [0.2, 0.25) is 0 Å². The van der Waals surface area contributed by atoms with Gasteiger partial charge in [0.25, 0.3) is 0 Å². The molecule has 0 aliphatic carbocycles. The van der Waals surface area contributed by atoms with Gasteiger partial charge in [-0.05, 0) is 35.1 Å². The lowest BCUT2D eigenvalue weighted by Crippen LogP contribution is -1.88. The Kier molecular flexibility index (Phi) is 3.66. The van der Waals surface area contributed by atoms with Crippen molar-refractivity contribution in [3.63, 3.8) is 0 Å². The lowest BCUT2D eigenvalue weighted by molar-refractivity contribution is 0.867. The number of hydrogen-bond acceptors (Lipinski definition) is 0. The van der Waals surface area contributed by atoms with Gasteiger partial charge in [-0.3, -0.25) is 0 Å². The summed E-state index contributed by atoms with van der Waals surface area (Å²) in [5.74, 6) is 0.568. The second-order valence-corrected chi connectivity index (χ2v) is 5.86. The highest BCUT2D eigenvalue weighted by Crippen LogP contribution is 2.34. The van der Waals surface area contributed by atoms with Crippen LogP contribution in [-0.2, 0) is 0 Å². The molecule has 0 fully saturated rings. The Morgan fingerprint density at radius 3 is 2.10 bits per heavy atom. The zero-order valence-electron chi connectivity index (χ0n) is 12.9. The van der Waals surface area contributed by atoms with Crippen LogP contribution in [0.5, 0.6) is 0 Å². The summed E-state index contributed by atoms with van der Waals surface area (Å²) in [6, 6.07) is 19.5. The van der Waals surface area contributed by atoms with Crippen LogP contribution in [0.1, 0.15) is 30.9 Å². The molecule has 3 aromatic rings. The highest BCUT2D eigenvalue weighted by molar-refractivity contribution is 5.83. The third-order valence-corrected chi connectivity index (χ3v) is 4.01. The summed E-state index contributed by atoms with van der Waals surface area (Å²) >= 11 is 0. The van der Waals surface area contributed by atoms with Crippen LogP contribution in [0.4, 0.5) is 0 Å². The average Bonchev–Trinajstić information content (AvgIpc) is 2.90. The zero-order valence-corrected chi connectivity index (χ0v) is 12.9. The third-order valence-electron chi connectivity index (χ3n) is 4.01. The minimum atomic E-state index is 0.568. The molecule has 1 nitrogen and oxygen atoms in total. The third kappa shape index (κ3) is 2.64. The number of nitrogens with one attached hydrogen (secondary N) is 1. The van der Waals surface area contributed by atoms with Gasteiger partial charge in [0, 0.05) is 11.8 Å². The Morgan fingerprint density at radius 2 is 1.48 bits per heavy atom. The van der Waals surface area contributed by atoms with E-state index in [2.05, 4.69) is 86.5 Å². The van der Waals surface area contributed by atoms with Gasteiger partial charge >= 0.3 is 0 Å². The molecule has 106 valence electrons. The van der Waals surface area contributed by atoms with Crippen LogP contribution >= 0.6 is 0 Å². The Morgan fingerprint density at radius 1 is 0.810 bits per heavy atom. The minimum Gasteiger partial charge on any atom is -0.360 e. The lowest BCUT2D eigenvalue weighted by atomic mass is 9.96. The number of rotatable bonds is 3. The summed E-state index contributed by atoms with van der Waals surface area (Å²) in [7, 11) is 0. The van der Waals surface area contributed by atoms with Gasteiger partial charge in [0.2, 0.25) is 0 Å². The second-order valence-electron chi connectivity index (χ2n) is 5.86. The first-order valence-corrected chi connectivity index (χ1v) is 7.50. The predicted octanol–water partition coefficient (Wildman–Crippen LogP) is 5.78. The van der Waals surface area contributed by atoms with E-state index >= 15 is 0 Å². The number of H-pyrrole nitrogens is 1. The summed E-state index contributed by atoms with van der Waals surface area (Å²) in [6.07, 6.45) is 2.09. The molecule has 1 N–H and O–H groups in total. The van der Waals surface area contributed by atoms with Gasteiger partial charge in [0.05, 0.1) is 5.69 Å². The van der Waals surface area contributed by atoms with Gasteiger partial charge in [0.1, 0.15) is 0 Å². The van der Waals surface area contributed by atoms with Crippen LogP contribution in [0.15, 0.2) is 60.8 Å². The second kappa shape index (κ2) is 5.61. The highest BCUT2D eigenvalue weighted by Gasteiger charge is 2.12. The molecule has 1 heterocycles. The molecule has 0 saturated heterocycles. The molecule has 0 saturated carbocycles. The van der Waals surface area contributed by atoms with E-state index in [1.165, 1.54) is 33.5 Å². The fourth-order valence-electron chi connectivity index (χ4n) is 2.76. The Labute approximate surface area is 126 Å². The number of hydrogen-bond donors (Lipinski definition) is 1. The normalized spacial score (nSPS) is 11.0. The first-order chi connectivity index (χ1) is 10.2. The van der Waals surface area contributed by atoms with Crippen molar-refractivity contribution in [2.45, 2.75) is 26.7 Å². The Balaban J connectivity index is 2.08. The molecule has 0 radical (unpaired) electrons. The van der Waals surface area contributed by atoms with Crippen LogP contribution in [-0.4, -0.2) is 4.98 Å². The van der Waals surface area contributed by atoms with E-state index in [1.54, 1.807) is 0 Å². The van der Waals surface area contributed by atoms with Crippen molar-refractivity contribution in [2.75, 3.05) is 0 Å². The van der Waals surface area contributed by atoms with Crippen molar-refractivity contribution >= 4 is 0 Å². The summed E-state index contributed by atoms with van der Waals surface area (Å²) in [5, 5.41) is 0. The largest absolute Gasteiger partial charge is 0.360 e. The summed E-state index contributed by atoms with van der Waals surface area (Å²) in [5.41, 5.74) is 7.67. The van der Waals surface area contributed by atoms with Crippen LogP contribution in [0, 0.1) is 6.92 Å². The van der Waals surface area contributed by atoms with Crippen LogP contribution < -0.4 is 0 Å². The summed E-state index contributed by atoms with van der Waals surface area (Å²) in [4.78, 5) is 3.44. The molecule has 0 aliphatic heterocycles. The van der Waals surface area contributed by atoms with E-state index in [4.69, 9.17) is 0 Å². The van der Waals surface area contributed by atoms with Crippen LogP contribution in [0.25, 0.3) is 22.4 Å². The van der Waals surface area contributed by atoms with E-state index in [0.29, 0.717) is 5.92 Å². The molecule has 2 aromatic carbocycles. The first kappa shape index (κ1) is 13.7. The fourth-order valence-corrected chi connectivity index (χ4v) is 2.76. The molecule has 0 atom stereocenters.